The lowest BCUT2D eigenvalue weighted by molar-refractivity contribution is -0.132. The molecule has 1 amide bonds. The molecular weight excluding hydrogens is 478 g/mol. The minimum absolute atomic E-state index is 0.0373. The van der Waals surface area contributed by atoms with Gasteiger partial charge in [0.1, 0.15) is 18.1 Å². The van der Waals surface area contributed by atoms with Crippen LogP contribution in [-0.2, 0) is 16.2 Å². The number of anilines is 1. The number of pyridine rings is 1. The Morgan fingerprint density at radius 2 is 1.79 bits per heavy atom. The molecule has 5 rings (SSSR count). The number of nitriles is 1. The van der Waals surface area contributed by atoms with Crippen molar-refractivity contribution in [1.82, 2.24) is 4.98 Å². The lowest BCUT2D eigenvalue weighted by atomic mass is 9.95. The molecule has 4 aromatic rings. The number of aliphatic hydroxyl groups is 1. The third-order valence-electron chi connectivity index (χ3n) is 6.40. The molecular formula is C31H23N3O4. The van der Waals surface area contributed by atoms with E-state index >= 15 is 0 Å². The van der Waals surface area contributed by atoms with Gasteiger partial charge in [-0.3, -0.25) is 19.5 Å². The van der Waals surface area contributed by atoms with Gasteiger partial charge < -0.3 is 9.84 Å². The standard InChI is InChI=1S/C31H23N3O4/c1-20-16-23(11-14-26(20)38-19-22-6-3-2-4-7-22)29(35)27-28(24-8-5-15-33-18-24)34(31(37)30(27)36)25-12-9-21(17-32)10-13-25/h2-16,18,28,35H,19H2,1H3/b29-27-. The molecule has 0 saturated carbocycles. The van der Waals surface area contributed by atoms with Crippen LogP contribution in [-0.4, -0.2) is 21.8 Å². The van der Waals surface area contributed by atoms with E-state index in [9.17, 15) is 14.7 Å². The molecule has 1 aromatic heterocycles. The molecule has 0 radical (unpaired) electrons. The summed E-state index contributed by atoms with van der Waals surface area (Å²) in [6, 6.07) is 25.9. The number of amides is 1. The number of hydrogen-bond donors (Lipinski definition) is 1. The normalized spacial score (nSPS) is 16.3. The van der Waals surface area contributed by atoms with Crippen LogP contribution in [0.3, 0.4) is 0 Å². The second kappa shape index (κ2) is 10.4. The summed E-state index contributed by atoms with van der Waals surface area (Å²) < 4.78 is 5.95. The Bertz CT molecular complexity index is 1570. The molecule has 38 heavy (non-hydrogen) atoms. The van der Waals surface area contributed by atoms with E-state index in [4.69, 9.17) is 10.00 Å². The number of rotatable bonds is 6. The Hall–Kier alpha value is -5.22. The number of aryl methyl sites for hydroxylation is 1. The fourth-order valence-electron chi connectivity index (χ4n) is 4.50. The number of benzene rings is 3. The molecule has 2 heterocycles. The summed E-state index contributed by atoms with van der Waals surface area (Å²) >= 11 is 0. The van der Waals surface area contributed by atoms with Crippen molar-refractivity contribution in [2.75, 3.05) is 4.90 Å². The number of aromatic nitrogens is 1. The zero-order chi connectivity index (χ0) is 26.6. The van der Waals surface area contributed by atoms with Gasteiger partial charge in [0.2, 0.25) is 0 Å². The molecule has 7 nitrogen and oxygen atoms in total. The van der Waals surface area contributed by atoms with E-state index in [0.717, 1.165) is 11.1 Å². The van der Waals surface area contributed by atoms with Crippen molar-refractivity contribution in [3.8, 4) is 11.8 Å². The molecule has 0 aliphatic carbocycles. The molecule has 1 N–H and O–H groups in total. The molecule has 7 heteroatoms. The second-order valence-electron chi connectivity index (χ2n) is 8.87. The number of Topliss-reactive ketones (excluding diaryl/α,β-unsaturated/α-hetero) is 1. The summed E-state index contributed by atoms with van der Waals surface area (Å²) in [5.41, 5.74) is 3.57. The van der Waals surface area contributed by atoms with Crippen LogP contribution in [0.1, 0.15) is 33.9 Å². The lowest BCUT2D eigenvalue weighted by Gasteiger charge is -2.25. The predicted molar refractivity (Wildman–Crippen MR) is 142 cm³/mol. The van der Waals surface area contributed by atoms with Crippen LogP contribution in [0.15, 0.2) is 103 Å². The van der Waals surface area contributed by atoms with Crippen LogP contribution in [0.25, 0.3) is 5.76 Å². The van der Waals surface area contributed by atoms with Crippen molar-refractivity contribution in [2.24, 2.45) is 0 Å². The first kappa shape index (κ1) is 24.5. The average molecular weight is 502 g/mol. The molecule has 3 aromatic carbocycles. The van der Waals surface area contributed by atoms with Crippen molar-refractivity contribution in [2.45, 2.75) is 19.6 Å². The molecule has 0 spiro atoms. The van der Waals surface area contributed by atoms with Gasteiger partial charge in [0.25, 0.3) is 11.7 Å². The lowest BCUT2D eigenvalue weighted by Crippen LogP contribution is -2.29. The molecule has 186 valence electrons. The number of hydrogen-bond acceptors (Lipinski definition) is 6. The highest BCUT2D eigenvalue weighted by Gasteiger charge is 2.47. The Balaban J connectivity index is 1.54. The Morgan fingerprint density at radius 1 is 1.03 bits per heavy atom. The van der Waals surface area contributed by atoms with E-state index in [1.165, 1.54) is 4.90 Å². The Kier molecular flexibility index (Phi) is 6.70. The number of carbonyl (C=O) groups excluding carboxylic acids is 2. The number of nitrogens with zero attached hydrogens (tertiary/aromatic N) is 3. The van der Waals surface area contributed by atoms with Crippen LogP contribution in [0.4, 0.5) is 5.69 Å². The zero-order valence-electron chi connectivity index (χ0n) is 20.5. The van der Waals surface area contributed by atoms with E-state index in [0.29, 0.717) is 34.7 Å². The van der Waals surface area contributed by atoms with Gasteiger partial charge in [-0.25, -0.2) is 0 Å². The van der Waals surface area contributed by atoms with E-state index in [1.807, 2.05) is 43.3 Å². The topological polar surface area (TPSA) is 104 Å². The van der Waals surface area contributed by atoms with Gasteiger partial charge in [-0.15, -0.1) is 0 Å². The van der Waals surface area contributed by atoms with Crippen molar-refractivity contribution in [3.05, 3.63) is 131 Å². The largest absolute Gasteiger partial charge is 0.507 e. The monoisotopic (exact) mass is 501 g/mol. The highest BCUT2D eigenvalue weighted by Crippen LogP contribution is 2.42. The number of carbonyl (C=O) groups is 2. The fraction of sp³-hybridized carbons (Fsp3) is 0.0968. The van der Waals surface area contributed by atoms with E-state index in [1.54, 1.807) is 67.0 Å². The van der Waals surface area contributed by atoms with E-state index in [2.05, 4.69) is 4.98 Å². The maximum absolute atomic E-state index is 13.3. The SMILES string of the molecule is Cc1cc(/C(O)=C2/C(=O)C(=O)N(c3ccc(C#N)cc3)C2c2cccnc2)ccc1OCc1ccccc1. The fourth-order valence-corrected chi connectivity index (χ4v) is 4.50. The van der Waals surface area contributed by atoms with Gasteiger partial charge in [0.05, 0.1) is 23.2 Å². The predicted octanol–water partition coefficient (Wildman–Crippen LogP) is 5.47. The summed E-state index contributed by atoms with van der Waals surface area (Å²) in [7, 11) is 0. The maximum atomic E-state index is 13.3. The highest BCUT2D eigenvalue weighted by atomic mass is 16.5. The Labute approximate surface area is 219 Å². The molecule has 0 bridgehead atoms. The van der Waals surface area contributed by atoms with Crippen LogP contribution >= 0.6 is 0 Å². The smallest absolute Gasteiger partial charge is 0.300 e. The molecule has 1 fully saturated rings. The molecule has 1 aliphatic rings. The van der Waals surface area contributed by atoms with Crippen molar-refractivity contribution in [1.29, 1.82) is 5.26 Å². The van der Waals surface area contributed by atoms with Crippen molar-refractivity contribution in [3.63, 3.8) is 0 Å². The van der Waals surface area contributed by atoms with E-state index in [-0.39, 0.29) is 11.3 Å². The summed E-state index contributed by atoms with van der Waals surface area (Å²) in [5.74, 6) is -1.22. The van der Waals surface area contributed by atoms with Gasteiger partial charge in [0, 0.05) is 23.6 Å². The van der Waals surface area contributed by atoms with Crippen LogP contribution in [0, 0.1) is 18.3 Å². The second-order valence-corrected chi connectivity index (χ2v) is 8.87. The van der Waals surface area contributed by atoms with Crippen molar-refractivity contribution >= 4 is 23.1 Å². The zero-order valence-corrected chi connectivity index (χ0v) is 20.5. The summed E-state index contributed by atoms with van der Waals surface area (Å²) in [5, 5.41) is 20.5. The van der Waals surface area contributed by atoms with Gasteiger partial charge >= 0.3 is 0 Å². The first-order chi connectivity index (χ1) is 18.5. The molecule has 1 atom stereocenters. The summed E-state index contributed by atoms with van der Waals surface area (Å²) in [6.45, 7) is 2.24. The minimum Gasteiger partial charge on any atom is -0.507 e. The summed E-state index contributed by atoms with van der Waals surface area (Å²) in [4.78, 5) is 32.1. The third-order valence-corrected chi connectivity index (χ3v) is 6.40. The maximum Gasteiger partial charge on any atom is 0.300 e. The van der Waals surface area contributed by atoms with Gasteiger partial charge in [-0.1, -0.05) is 36.4 Å². The van der Waals surface area contributed by atoms with Crippen LogP contribution < -0.4 is 9.64 Å². The minimum atomic E-state index is -0.897. The molecule has 1 unspecified atom stereocenters. The van der Waals surface area contributed by atoms with Crippen LogP contribution in [0.2, 0.25) is 0 Å². The van der Waals surface area contributed by atoms with E-state index < -0.39 is 17.7 Å². The summed E-state index contributed by atoms with van der Waals surface area (Å²) in [6.07, 6.45) is 3.15. The number of aliphatic hydroxyl groups excluding tert-OH is 1. The van der Waals surface area contributed by atoms with Gasteiger partial charge in [0.15, 0.2) is 0 Å². The van der Waals surface area contributed by atoms with Gasteiger partial charge in [-0.2, -0.15) is 5.26 Å². The molecule has 1 aliphatic heterocycles. The van der Waals surface area contributed by atoms with Crippen LogP contribution in [0.5, 0.6) is 5.75 Å². The first-order valence-electron chi connectivity index (χ1n) is 12.0. The molecule has 1 saturated heterocycles. The highest BCUT2D eigenvalue weighted by molar-refractivity contribution is 6.51. The third kappa shape index (κ3) is 4.63. The Morgan fingerprint density at radius 3 is 2.45 bits per heavy atom. The van der Waals surface area contributed by atoms with Gasteiger partial charge in [-0.05, 0) is 72.1 Å². The number of ketones is 1. The van der Waals surface area contributed by atoms with Crippen molar-refractivity contribution < 1.29 is 19.4 Å². The first-order valence-corrected chi connectivity index (χ1v) is 12.0. The quantitative estimate of drug-likeness (QED) is 0.214. The average Bonchev–Trinajstić information content (AvgIpc) is 3.23. The number of ether oxygens (including phenoxy) is 1.